The van der Waals surface area contributed by atoms with E-state index in [0.717, 1.165) is 32.4 Å². The van der Waals surface area contributed by atoms with Crippen LogP contribution in [0.3, 0.4) is 0 Å². The molecule has 1 spiro atoms. The van der Waals surface area contributed by atoms with Gasteiger partial charge in [0, 0.05) is 19.0 Å². The molecule has 0 bridgehead atoms. The molecule has 2 aliphatic carbocycles. The average Bonchev–Trinajstić information content (AvgIpc) is 3.61. The van der Waals surface area contributed by atoms with Gasteiger partial charge in [0.1, 0.15) is 6.04 Å². The molecule has 0 radical (unpaired) electrons. The molecule has 3 aliphatic rings. The van der Waals surface area contributed by atoms with Gasteiger partial charge in [-0.3, -0.25) is 4.79 Å². The molecule has 1 saturated heterocycles. The first-order valence-electron chi connectivity index (χ1n) is 10.1. The number of piperidine rings is 1. The van der Waals surface area contributed by atoms with Gasteiger partial charge in [-0.25, -0.2) is 0 Å². The van der Waals surface area contributed by atoms with Crippen LogP contribution in [-0.4, -0.2) is 40.1 Å². The van der Waals surface area contributed by atoms with Gasteiger partial charge in [-0.15, -0.1) is 5.10 Å². The fourth-order valence-corrected chi connectivity index (χ4v) is 4.38. The van der Waals surface area contributed by atoms with E-state index in [1.165, 1.54) is 18.4 Å². The Bertz CT molecular complexity index is 820. The van der Waals surface area contributed by atoms with Crippen LogP contribution in [0.4, 0.5) is 6.01 Å². The number of aromatic nitrogens is 2. The predicted molar refractivity (Wildman–Crippen MR) is 101 cm³/mol. The van der Waals surface area contributed by atoms with E-state index in [0.29, 0.717) is 29.2 Å². The number of nitrogens with zero attached hydrogens (tertiary/aromatic N) is 3. The van der Waals surface area contributed by atoms with Crippen molar-refractivity contribution in [3.05, 3.63) is 41.8 Å². The monoisotopic (exact) mass is 366 g/mol. The summed E-state index contributed by atoms with van der Waals surface area (Å²) in [5.74, 6) is 1.54. The molecule has 1 N–H and O–H groups in total. The molecular weight excluding hydrogens is 340 g/mol. The molecule has 3 atom stereocenters. The van der Waals surface area contributed by atoms with Crippen LogP contribution in [0, 0.1) is 5.41 Å². The molecule has 142 valence electrons. The summed E-state index contributed by atoms with van der Waals surface area (Å²) in [6.07, 6.45) is 6.03. The fraction of sp³-hybridized carbons (Fsp3) is 0.571. The van der Waals surface area contributed by atoms with Crippen molar-refractivity contribution in [2.75, 3.05) is 18.4 Å². The highest BCUT2D eigenvalue weighted by atomic mass is 16.4. The second-order valence-electron chi connectivity index (χ2n) is 8.50. The largest absolute Gasteiger partial charge is 0.408 e. The lowest BCUT2D eigenvalue weighted by Crippen LogP contribution is -2.45. The minimum Gasteiger partial charge on any atom is -0.408 e. The van der Waals surface area contributed by atoms with E-state index in [1.807, 2.05) is 17.9 Å². The van der Waals surface area contributed by atoms with E-state index < -0.39 is 0 Å². The Balaban J connectivity index is 1.17. The van der Waals surface area contributed by atoms with Gasteiger partial charge in [-0.05, 0) is 55.9 Å². The molecule has 1 aromatic heterocycles. The number of amides is 1. The topological polar surface area (TPSA) is 71.3 Å². The molecule has 6 nitrogen and oxygen atoms in total. The first-order chi connectivity index (χ1) is 13.1. The summed E-state index contributed by atoms with van der Waals surface area (Å²) < 4.78 is 5.81. The van der Waals surface area contributed by atoms with E-state index >= 15 is 0 Å². The zero-order valence-electron chi connectivity index (χ0n) is 15.7. The Morgan fingerprint density at radius 2 is 1.89 bits per heavy atom. The van der Waals surface area contributed by atoms with Gasteiger partial charge in [0.15, 0.2) is 0 Å². The Morgan fingerprint density at radius 3 is 2.59 bits per heavy atom. The number of hydrogen-bond donors (Lipinski definition) is 1. The lowest BCUT2D eigenvalue weighted by atomic mass is 9.93. The Kier molecular flexibility index (Phi) is 3.95. The molecule has 2 heterocycles. The zero-order chi connectivity index (χ0) is 18.4. The second kappa shape index (κ2) is 6.36. The van der Waals surface area contributed by atoms with Crippen molar-refractivity contribution in [3.63, 3.8) is 0 Å². The van der Waals surface area contributed by atoms with Crippen molar-refractivity contribution in [1.29, 1.82) is 0 Å². The summed E-state index contributed by atoms with van der Waals surface area (Å²) in [4.78, 5) is 14.7. The average molecular weight is 366 g/mol. The molecule has 0 unspecified atom stereocenters. The molecule has 1 aromatic carbocycles. The van der Waals surface area contributed by atoms with E-state index in [1.54, 1.807) is 0 Å². The normalized spacial score (nSPS) is 26.6. The SMILES string of the molecule is C[C@@H](Nc1nnc([C@H]2C[C@@H]2c2ccccc2)o1)C(=O)N1CCC2(CC1)CC2. The number of likely N-dealkylation sites (tertiary alicyclic amines) is 1. The zero-order valence-corrected chi connectivity index (χ0v) is 15.7. The van der Waals surface area contributed by atoms with Crippen molar-refractivity contribution in [3.8, 4) is 0 Å². The lowest BCUT2D eigenvalue weighted by Gasteiger charge is -2.33. The molecule has 6 heteroatoms. The standard InChI is InChI=1S/C21H26N4O2/c1-14(19(26)25-11-9-21(7-8-21)10-12-25)22-20-24-23-18(27-20)17-13-16(17)15-5-3-2-4-6-15/h2-6,14,16-17H,7-13H2,1H3,(H,22,24)/t14-,16-,17+/m1/s1. The third kappa shape index (κ3) is 3.33. The number of carbonyl (C=O) groups is 1. The first-order valence-corrected chi connectivity index (χ1v) is 10.1. The summed E-state index contributed by atoms with van der Waals surface area (Å²) >= 11 is 0. The van der Waals surface area contributed by atoms with E-state index in [2.05, 4.69) is 39.8 Å². The van der Waals surface area contributed by atoms with Gasteiger partial charge in [0.05, 0.1) is 0 Å². The van der Waals surface area contributed by atoms with Crippen LogP contribution >= 0.6 is 0 Å². The highest BCUT2D eigenvalue weighted by molar-refractivity contribution is 5.83. The van der Waals surface area contributed by atoms with Crippen molar-refractivity contribution in [2.45, 2.75) is 56.9 Å². The maximum absolute atomic E-state index is 12.7. The van der Waals surface area contributed by atoms with Crippen LogP contribution < -0.4 is 5.32 Å². The number of benzene rings is 1. The minimum atomic E-state index is -0.351. The van der Waals surface area contributed by atoms with Gasteiger partial charge in [0.2, 0.25) is 11.8 Å². The summed E-state index contributed by atoms with van der Waals surface area (Å²) in [5.41, 5.74) is 1.89. The molecular formula is C21H26N4O2. The minimum absolute atomic E-state index is 0.124. The summed E-state index contributed by atoms with van der Waals surface area (Å²) in [6.45, 7) is 3.62. The molecule has 27 heavy (non-hydrogen) atoms. The van der Waals surface area contributed by atoms with E-state index in [-0.39, 0.29) is 11.9 Å². The Labute approximate surface area is 159 Å². The van der Waals surface area contributed by atoms with Gasteiger partial charge < -0.3 is 14.6 Å². The van der Waals surface area contributed by atoms with E-state index in [4.69, 9.17) is 4.42 Å². The van der Waals surface area contributed by atoms with Crippen LogP contribution in [0.1, 0.15) is 62.3 Å². The number of carbonyl (C=O) groups excluding carboxylic acids is 1. The maximum Gasteiger partial charge on any atom is 0.316 e. The van der Waals surface area contributed by atoms with Crippen LogP contribution in [0.2, 0.25) is 0 Å². The highest BCUT2D eigenvalue weighted by Crippen LogP contribution is 2.54. The van der Waals surface area contributed by atoms with Crippen LogP contribution in [-0.2, 0) is 4.79 Å². The lowest BCUT2D eigenvalue weighted by molar-refractivity contribution is -0.133. The quantitative estimate of drug-likeness (QED) is 0.876. The molecule has 2 aromatic rings. The van der Waals surface area contributed by atoms with Crippen LogP contribution in [0.5, 0.6) is 0 Å². The van der Waals surface area contributed by atoms with Crippen molar-refractivity contribution >= 4 is 11.9 Å². The number of rotatable bonds is 5. The third-order valence-corrected chi connectivity index (χ3v) is 6.58. The van der Waals surface area contributed by atoms with E-state index in [9.17, 15) is 4.79 Å². The number of anilines is 1. The first kappa shape index (κ1) is 16.8. The summed E-state index contributed by atoms with van der Waals surface area (Å²) in [6, 6.07) is 10.4. The maximum atomic E-state index is 12.7. The summed E-state index contributed by atoms with van der Waals surface area (Å²) in [5, 5.41) is 11.4. The van der Waals surface area contributed by atoms with Crippen molar-refractivity contribution in [2.24, 2.45) is 5.41 Å². The van der Waals surface area contributed by atoms with Gasteiger partial charge >= 0.3 is 6.01 Å². The molecule has 3 fully saturated rings. The number of nitrogens with one attached hydrogen (secondary N) is 1. The summed E-state index contributed by atoms with van der Waals surface area (Å²) in [7, 11) is 0. The van der Waals surface area contributed by atoms with Crippen molar-refractivity contribution < 1.29 is 9.21 Å². The molecule has 2 saturated carbocycles. The molecule has 5 rings (SSSR count). The molecule has 1 amide bonds. The van der Waals surface area contributed by atoms with Gasteiger partial charge in [0.25, 0.3) is 0 Å². The Morgan fingerprint density at radius 1 is 1.15 bits per heavy atom. The van der Waals surface area contributed by atoms with Crippen LogP contribution in [0.25, 0.3) is 0 Å². The van der Waals surface area contributed by atoms with Gasteiger partial charge in [-0.2, -0.15) is 0 Å². The van der Waals surface area contributed by atoms with Crippen molar-refractivity contribution in [1.82, 2.24) is 15.1 Å². The second-order valence-corrected chi connectivity index (χ2v) is 8.50. The smallest absolute Gasteiger partial charge is 0.316 e. The van der Waals surface area contributed by atoms with Gasteiger partial charge in [-0.1, -0.05) is 35.4 Å². The Hall–Kier alpha value is -2.37. The highest BCUT2D eigenvalue weighted by Gasteiger charge is 2.46. The third-order valence-electron chi connectivity index (χ3n) is 6.58. The number of hydrogen-bond acceptors (Lipinski definition) is 5. The predicted octanol–water partition coefficient (Wildman–Crippen LogP) is 3.54. The molecule has 1 aliphatic heterocycles. The fourth-order valence-electron chi connectivity index (χ4n) is 4.38. The van der Waals surface area contributed by atoms with Crippen LogP contribution in [0.15, 0.2) is 34.7 Å².